The molecule has 0 aliphatic rings. The number of carbonyl (C=O) groups is 3. The van der Waals surface area contributed by atoms with Gasteiger partial charge in [-0.25, -0.2) is 4.79 Å². The summed E-state index contributed by atoms with van der Waals surface area (Å²) in [5.74, 6) is -1.44. The van der Waals surface area contributed by atoms with Gasteiger partial charge in [-0.1, -0.05) is 19.0 Å². The van der Waals surface area contributed by atoms with Crippen LogP contribution in [0.25, 0.3) is 0 Å². The number of carbonyl (C=O) groups excluding carboxylic acids is 2. The van der Waals surface area contributed by atoms with Gasteiger partial charge in [-0.2, -0.15) is 0 Å². The smallest absolute Gasteiger partial charge is 0.326 e. The van der Waals surface area contributed by atoms with Crippen LogP contribution in [0.1, 0.15) is 25.7 Å². The van der Waals surface area contributed by atoms with Crippen LogP contribution in [0.5, 0.6) is 0 Å². The molecule has 0 fully saturated rings. The number of nitrogens with one attached hydrogen (secondary N) is 1. The Morgan fingerprint density at radius 2 is 2.00 bits per heavy atom. The van der Waals surface area contributed by atoms with Crippen LogP contribution in [0.4, 0.5) is 4.79 Å². The minimum Gasteiger partial charge on any atom is -0.480 e. The lowest BCUT2D eigenvalue weighted by molar-refractivity contribution is -0.140. The van der Waals surface area contributed by atoms with E-state index in [1.54, 1.807) is 0 Å². The Kier molecular flexibility index (Phi) is 7.36. The third-order valence-corrected chi connectivity index (χ3v) is 2.08. The first-order valence-corrected chi connectivity index (χ1v) is 5.21. The number of carboxylic acids is 1. The van der Waals surface area contributed by atoms with Gasteiger partial charge in [-0.15, -0.1) is 0 Å². The van der Waals surface area contributed by atoms with Crippen LogP contribution in [0.2, 0.25) is 0 Å². The second-order valence-corrected chi connectivity index (χ2v) is 3.57. The van der Waals surface area contributed by atoms with Crippen LogP contribution in [0.15, 0.2) is 0 Å². The van der Waals surface area contributed by atoms with Gasteiger partial charge in [0.25, 0.3) is 5.24 Å². The number of amides is 1. The van der Waals surface area contributed by atoms with Crippen molar-refractivity contribution in [2.24, 2.45) is 0 Å². The van der Waals surface area contributed by atoms with E-state index in [1.807, 2.05) is 0 Å². The van der Waals surface area contributed by atoms with Crippen molar-refractivity contribution in [3.05, 3.63) is 0 Å². The first-order valence-electron chi connectivity index (χ1n) is 4.76. The van der Waals surface area contributed by atoms with E-state index in [0.29, 0.717) is 12.8 Å². The summed E-state index contributed by atoms with van der Waals surface area (Å²) in [6.45, 7) is 0. The standard InChI is InChI=1S/C9H15NO5S/c1-15-7(11)5-3-2-4-6(8(12)13)10-9(14)16/h6H,2-5H2,1H3,(H,12,13)(H2,10,14,16)/t6-/m0/s1. The molecule has 1 amide bonds. The number of thiol groups is 1. The molecule has 0 bridgehead atoms. The molecule has 7 heteroatoms. The third kappa shape index (κ3) is 7.10. The van der Waals surface area contributed by atoms with Crippen LogP contribution >= 0.6 is 12.6 Å². The minimum atomic E-state index is -1.11. The van der Waals surface area contributed by atoms with Gasteiger partial charge < -0.3 is 15.2 Å². The highest BCUT2D eigenvalue weighted by molar-refractivity contribution is 7.96. The summed E-state index contributed by atoms with van der Waals surface area (Å²) in [6, 6.07) is -0.956. The van der Waals surface area contributed by atoms with Crippen molar-refractivity contribution in [2.75, 3.05) is 7.11 Å². The number of ether oxygens (including phenoxy) is 1. The summed E-state index contributed by atoms with van der Waals surface area (Å²) in [7, 11) is 1.30. The van der Waals surface area contributed by atoms with Gasteiger partial charge >= 0.3 is 11.9 Å². The maximum Gasteiger partial charge on any atom is 0.326 e. The fourth-order valence-corrected chi connectivity index (χ4v) is 1.28. The Morgan fingerprint density at radius 3 is 2.44 bits per heavy atom. The highest BCUT2D eigenvalue weighted by atomic mass is 32.1. The molecule has 0 radical (unpaired) electrons. The highest BCUT2D eigenvalue weighted by Crippen LogP contribution is 2.05. The molecule has 0 aromatic rings. The lowest BCUT2D eigenvalue weighted by Gasteiger charge is -2.11. The Balaban J connectivity index is 3.81. The Labute approximate surface area is 98.8 Å². The number of unbranched alkanes of at least 4 members (excludes halogenated alkanes) is 1. The number of methoxy groups -OCH3 is 1. The molecule has 0 aromatic carbocycles. The quantitative estimate of drug-likeness (QED) is 0.353. The van der Waals surface area contributed by atoms with Crippen molar-refractivity contribution < 1.29 is 24.2 Å². The molecule has 2 N–H and O–H groups in total. The molecule has 0 saturated carbocycles. The van der Waals surface area contributed by atoms with Crippen molar-refractivity contribution in [2.45, 2.75) is 31.7 Å². The molecular formula is C9H15NO5S. The summed E-state index contributed by atoms with van der Waals surface area (Å²) in [6.07, 6.45) is 1.55. The first-order chi connectivity index (χ1) is 7.47. The van der Waals surface area contributed by atoms with E-state index in [1.165, 1.54) is 7.11 Å². The topological polar surface area (TPSA) is 92.7 Å². The number of esters is 1. The normalized spacial score (nSPS) is 11.6. The van der Waals surface area contributed by atoms with Crippen LogP contribution in [-0.2, 0) is 14.3 Å². The van der Waals surface area contributed by atoms with Crippen molar-refractivity contribution in [1.82, 2.24) is 5.32 Å². The molecule has 6 nitrogen and oxygen atoms in total. The molecule has 92 valence electrons. The molecule has 0 aliphatic heterocycles. The van der Waals surface area contributed by atoms with Crippen LogP contribution in [-0.4, -0.2) is 35.4 Å². The van der Waals surface area contributed by atoms with Crippen LogP contribution in [0.3, 0.4) is 0 Å². The maximum absolute atomic E-state index is 10.7. The SMILES string of the molecule is COC(=O)CCCC[C@H](NC(=O)S)C(=O)O. The number of rotatable bonds is 7. The lowest BCUT2D eigenvalue weighted by atomic mass is 10.1. The average Bonchev–Trinajstić information content (AvgIpc) is 2.21. The summed E-state index contributed by atoms with van der Waals surface area (Å²) in [4.78, 5) is 32.0. The van der Waals surface area contributed by atoms with E-state index >= 15 is 0 Å². The van der Waals surface area contributed by atoms with Gasteiger partial charge in [-0.05, 0) is 12.8 Å². The second kappa shape index (κ2) is 7.98. The summed E-state index contributed by atoms with van der Waals surface area (Å²) < 4.78 is 4.43. The van der Waals surface area contributed by atoms with E-state index in [4.69, 9.17) is 5.11 Å². The van der Waals surface area contributed by atoms with Crippen molar-refractivity contribution in [1.29, 1.82) is 0 Å². The van der Waals surface area contributed by atoms with E-state index < -0.39 is 17.3 Å². The van der Waals surface area contributed by atoms with Gasteiger partial charge in [0, 0.05) is 6.42 Å². The molecule has 0 heterocycles. The maximum atomic E-state index is 10.7. The molecule has 1 atom stereocenters. The minimum absolute atomic E-state index is 0.248. The fourth-order valence-electron chi connectivity index (χ4n) is 1.13. The zero-order chi connectivity index (χ0) is 12.6. The fraction of sp³-hybridized carbons (Fsp3) is 0.667. The van der Waals surface area contributed by atoms with E-state index in [-0.39, 0.29) is 18.8 Å². The zero-order valence-corrected chi connectivity index (χ0v) is 9.83. The number of aliphatic carboxylic acids is 1. The van der Waals surface area contributed by atoms with Crippen molar-refractivity contribution in [3.63, 3.8) is 0 Å². The Morgan fingerprint density at radius 1 is 1.38 bits per heavy atom. The second-order valence-electron chi connectivity index (χ2n) is 3.16. The zero-order valence-electron chi connectivity index (χ0n) is 8.93. The molecule has 0 spiro atoms. The summed E-state index contributed by atoms with van der Waals surface area (Å²) in [5.41, 5.74) is 0. The summed E-state index contributed by atoms with van der Waals surface area (Å²) in [5, 5.41) is 10.2. The molecule has 16 heavy (non-hydrogen) atoms. The molecule has 0 unspecified atom stereocenters. The first kappa shape index (κ1) is 14.8. The van der Waals surface area contributed by atoms with Crippen LogP contribution < -0.4 is 5.32 Å². The van der Waals surface area contributed by atoms with E-state index in [9.17, 15) is 14.4 Å². The molecule has 0 rings (SSSR count). The van der Waals surface area contributed by atoms with Gasteiger partial charge in [0.15, 0.2) is 0 Å². The third-order valence-electron chi connectivity index (χ3n) is 1.95. The molecule has 0 aliphatic carbocycles. The summed E-state index contributed by atoms with van der Waals surface area (Å²) >= 11 is 3.44. The van der Waals surface area contributed by atoms with Gasteiger partial charge in [-0.3, -0.25) is 9.59 Å². The molecule has 0 saturated heterocycles. The number of hydrogen-bond acceptors (Lipinski definition) is 4. The monoisotopic (exact) mass is 249 g/mol. The number of hydrogen-bond donors (Lipinski definition) is 3. The molecular weight excluding hydrogens is 234 g/mol. The van der Waals surface area contributed by atoms with E-state index in [2.05, 4.69) is 22.7 Å². The van der Waals surface area contributed by atoms with Crippen LogP contribution in [0, 0.1) is 0 Å². The van der Waals surface area contributed by atoms with Gasteiger partial charge in [0.2, 0.25) is 0 Å². The van der Waals surface area contributed by atoms with E-state index in [0.717, 1.165) is 0 Å². The van der Waals surface area contributed by atoms with Crippen molar-refractivity contribution in [3.8, 4) is 0 Å². The average molecular weight is 249 g/mol. The largest absolute Gasteiger partial charge is 0.480 e. The highest BCUT2D eigenvalue weighted by Gasteiger charge is 2.17. The lowest BCUT2D eigenvalue weighted by Crippen LogP contribution is -2.38. The van der Waals surface area contributed by atoms with Crippen molar-refractivity contribution >= 4 is 29.8 Å². The van der Waals surface area contributed by atoms with Gasteiger partial charge in [0.05, 0.1) is 7.11 Å². The Hall–Kier alpha value is -1.24. The number of carboxylic acid groups (broad SMARTS) is 1. The molecule has 0 aromatic heterocycles. The van der Waals surface area contributed by atoms with Gasteiger partial charge in [0.1, 0.15) is 6.04 Å². The predicted molar refractivity (Wildman–Crippen MR) is 59.4 cm³/mol. The Bertz CT molecular complexity index is 269. The predicted octanol–water partition coefficient (Wildman–Crippen LogP) is 0.812.